The lowest BCUT2D eigenvalue weighted by atomic mass is 10.2. The summed E-state index contributed by atoms with van der Waals surface area (Å²) in [7, 11) is 0. The Bertz CT molecular complexity index is 635. The van der Waals surface area contributed by atoms with Gasteiger partial charge in [-0.3, -0.25) is 0 Å². The number of benzene rings is 1. The van der Waals surface area contributed by atoms with Gasteiger partial charge in [0.2, 0.25) is 0 Å². The molecule has 2 amide bonds. The lowest BCUT2D eigenvalue weighted by Gasteiger charge is -2.34. The lowest BCUT2D eigenvalue weighted by molar-refractivity contribution is 0.194. The molecular weight excluding hydrogens is 308 g/mol. The van der Waals surface area contributed by atoms with Crippen molar-refractivity contribution in [1.82, 2.24) is 15.2 Å². The fraction of sp³-hybridized carbons (Fsp3) is 0.412. The molecule has 0 spiro atoms. The van der Waals surface area contributed by atoms with Gasteiger partial charge in [0.1, 0.15) is 0 Å². The van der Waals surface area contributed by atoms with Crippen LogP contribution in [0.25, 0.3) is 11.3 Å². The van der Waals surface area contributed by atoms with Crippen molar-refractivity contribution in [3.8, 4) is 11.3 Å². The number of hydrogen-bond donors (Lipinski definition) is 1. The predicted molar refractivity (Wildman–Crippen MR) is 95.0 cm³/mol. The molecule has 0 unspecified atom stereocenters. The van der Waals surface area contributed by atoms with Gasteiger partial charge in [-0.2, -0.15) is 0 Å². The van der Waals surface area contributed by atoms with Crippen LogP contribution in [-0.2, 0) is 0 Å². The van der Waals surface area contributed by atoms with Gasteiger partial charge in [-0.1, -0.05) is 37.3 Å². The van der Waals surface area contributed by atoms with Crippen molar-refractivity contribution in [1.29, 1.82) is 0 Å². The summed E-state index contributed by atoms with van der Waals surface area (Å²) >= 11 is 1.67. The van der Waals surface area contributed by atoms with E-state index < -0.39 is 0 Å². The monoisotopic (exact) mass is 330 g/mol. The number of amides is 2. The number of rotatable bonds is 4. The van der Waals surface area contributed by atoms with Crippen molar-refractivity contribution in [2.24, 2.45) is 0 Å². The molecule has 1 fully saturated rings. The second-order valence-corrected chi connectivity index (χ2v) is 6.42. The molecule has 1 N–H and O–H groups in total. The lowest BCUT2D eigenvalue weighted by Crippen LogP contribution is -2.52. The van der Waals surface area contributed by atoms with E-state index in [0.717, 1.165) is 55.5 Å². The zero-order valence-corrected chi connectivity index (χ0v) is 14.2. The maximum atomic E-state index is 12.0. The molecule has 122 valence electrons. The fourth-order valence-electron chi connectivity index (χ4n) is 2.60. The van der Waals surface area contributed by atoms with Crippen LogP contribution < -0.4 is 10.2 Å². The van der Waals surface area contributed by atoms with E-state index in [1.165, 1.54) is 0 Å². The Kier molecular flexibility index (Phi) is 5.12. The molecule has 6 heteroatoms. The van der Waals surface area contributed by atoms with Gasteiger partial charge in [-0.25, -0.2) is 9.78 Å². The van der Waals surface area contributed by atoms with Crippen LogP contribution >= 0.6 is 11.3 Å². The molecular formula is C17H22N4OS. The van der Waals surface area contributed by atoms with Crippen LogP contribution in [0.2, 0.25) is 0 Å². The van der Waals surface area contributed by atoms with E-state index in [0.29, 0.717) is 0 Å². The Labute approximate surface area is 140 Å². The van der Waals surface area contributed by atoms with E-state index in [2.05, 4.69) is 34.7 Å². The Morgan fingerprint density at radius 2 is 1.96 bits per heavy atom. The molecule has 0 radical (unpaired) electrons. The standard InChI is InChI=1S/C17H22N4OS/c1-2-8-18-16(22)20-9-11-21(12-10-20)17-19-15(13-23-17)14-6-4-3-5-7-14/h3-7,13H,2,8-12H2,1H3,(H,18,22). The van der Waals surface area contributed by atoms with Crippen molar-refractivity contribution in [3.63, 3.8) is 0 Å². The maximum absolute atomic E-state index is 12.0. The van der Waals surface area contributed by atoms with Crippen molar-refractivity contribution in [3.05, 3.63) is 35.7 Å². The van der Waals surface area contributed by atoms with Crippen molar-refractivity contribution < 1.29 is 4.79 Å². The van der Waals surface area contributed by atoms with Gasteiger partial charge in [-0.15, -0.1) is 11.3 Å². The maximum Gasteiger partial charge on any atom is 0.317 e. The molecule has 1 saturated heterocycles. The number of nitrogens with one attached hydrogen (secondary N) is 1. The number of hydrogen-bond acceptors (Lipinski definition) is 4. The molecule has 0 aliphatic carbocycles. The molecule has 23 heavy (non-hydrogen) atoms. The molecule has 1 aromatic carbocycles. The molecule has 2 aromatic rings. The van der Waals surface area contributed by atoms with E-state index in [4.69, 9.17) is 4.98 Å². The molecule has 5 nitrogen and oxygen atoms in total. The van der Waals surface area contributed by atoms with Crippen LogP contribution in [-0.4, -0.2) is 48.6 Å². The van der Waals surface area contributed by atoms with Crippen molar-refractivity contribution in [2.45, 2.75) is 13.3 Å². The third kappa shape index (κ3) is 3.82. The minimum Gasteiger partial charge on any atom is -0.345 e. The SMILES string of the molecule is CCCNC(=O)N1CCN(c2nc(-c3ccccc3)cs2)CC1. The highest BCUT2D eigenvalue weighted by Gasteiger charge is 2.22. The predicted octanol–water partition coefficient (Wildman–Crippen LogP) is 3.05. The van der Waals surface area contributed by atoms with Crippen LogP contribution in [0.5, 0.6) is 0 Å². The molecule has 1 aromatic heterocycles. The van der Waals surface area contributed by atoms with Gasteiger partial charge in [0.05, 0.1) is 5.69 Å². The zero-order chi connectivity index (χ0) is 16.1. The summed E-state index contributed by atoms with van der Waals surface area (Å²) in [6.07, 6.45) is 0.965. The zero-order valence-electron chi connectivity index (χ0n) is 13.4. The van der Waals surface area contributed by atoms with Crippen molar-refractivity contribution in [2.75, 3.05) is 37.6 Å². The summed E-state index contributed by atoms with van der Waals surface area (Å²) in [6.45, 7) is 5.96. The molecule has 2 heterocycles. The van der Waals surface area contributed by atoms with Gasteiger partial charge >= 0.3 is 6.03 Å². The number of piperazine rings is 1. The van der Waals surface area contributed by atoms with Crippen LogP contribution in [0, 0.1) is 0 Å². The topological polar surface area (TPSA) is 48.5 Å². The number of carbonyl (C=O) groups is 1. The van der Waals surface area contributed by atoms with E-state index >= 15 is 0 Å². The first kappa shape index (κ1) is 15.8. The van der Waals surface area contributed by atoms with Crippen LogP contribution in [0.15, 0.2) is 35.7 Å². The highest BCUT2D eigenvalue weighted by molar-refractivity contribution is 7.14. The van der Waals surface area contributed by atoms with E-state index in [1.54, 1.807) is 11.3 Å². The number of urea groups is 1. The van der Waals surface area contributed by atoms with Crippen LogP contribution in [0.4, 0.5) is 9.93 Å². The second kappa shape index (κ2) is 7.46. The average Bonchev–Trinajstić information content (AvgIpc) is 3.11. The smallest absolute Gasteiger partial charge is 0.317 e. The summed E-state index contributed by atoms with van der Waals surface area (Å²) in [5, 5.41) is 6.08. The third-order valence-electron chi connectivity index (χ3n) is 3.93. The molecule has 0 saturated carbocycles. The highest BCUT2D eigenvalue weighted by Crippen LogP contribution is 2.27. The Balaban J connectivity index is 1.58. The second-order valence-electron chi connectivity index (χ2n) is 5.59. The summed E-state index contributed by atoms with van der Waals surface area (Å²) in [5.74, 6) is 0. The number of thiazole rings is 1. The van der Waals surface area contributed by atoms with E-state index in [1.807, 2.05) is 23.1 Å². The minimum absolute atomic E-state index is 0.0515. The first-order valence-electron chi connectivity index (χ1n) is 8.06. The van der Waals surface area contributed by atoms with Crippen molar-refractivity contribution >= 4 is 22.5 Å². The summed E-state index contributed by atoms with van der Waals surface area (Å²) < 4.78 is 0. The van der Waals surface area contributed by atoms with Crippen LogP contribution in [0.3, 0.4) is 0 Å². The van der Waals surface area contributed by atoms with E-state index in [-0.39, 0.29) is 6.03 Å². The molecule has 0 bridgehead atoms. The van der Waals surface area contributed by atoms with Gasteiger partial charge < -0.3 is 15.1 Å². The largest absolute Gasteiger partial charge is 0.345 e. The Hall–Kier alpha value is -2.08. The van der Waals surface area contributed by atoms with Gasteiger partial charge in [0, 0.05) is 43.7 Å². The van der Waals surface area contributed by atoms with Gasteiger partial charge in [-0.05, 0) is 6.42 Å². The minimum atomic E-state index is 0.0515. The van der Waals surface area contributed by atoms with Gasteiger partial charge in [0.25, 0.3) is 0 Å². The molecule has 1 aliphatic heterocycles. The van der Waals surface area contributed by atoms with Crippen LogP contribution in [0.1, 0.15) is 13.3 Å². The first-order valence-corrected chi connectivity index (χ1v) is 8.94. The first-order chi connectivity index (χ1) is 11.3. The average molecular weight is 330 g/mol. The quantitative estimate of drug-likeness (QED) is 0.937. The van der Waals surface area contributed by atoms with Gasteiger partial charge in [0.15, 0.2) is 5.13 Å². The number of carbonyl (C=O) groups excluding carboxylic acids is 1. The Morgan fingerprint density at radius 3 is 2.65 bits per heavy atom. The Morgan fingerprint density at radius 1 is 1.22 bits per heavy atom. The molecule has 0 atom stereocenters. The summed E-state index contributed by atoms with van der Waals surface area (Å²) in [5.41, 5.74) is 2.17. The van der Waals surface area contributed by atoms with E-state index in [9.17, 15) is 4.79 Å². The summed E-state index contributed by atoms with van der Waals surface area (Å²) in [4.78, 5) is 20.9. The fourth-order valence-corrected chi connectivity index (χ4v) is 3.48. The third-order valence-corrected chi connectivity index (χ3v) is 4.83. The summed E-state index contributed by atoms with van der Waals surface area (Å²) in [6, 6.07) is 10.3. The highest BCUT2D eigenvalue weighted by atomic mass is 32.1. The number of anilines is 1. The normalized spacial score (nSPS) is 14.8. The number of nitrogens with zero attached hydrogens (tertiary/aromatic N) is 3. The number of aromatic nitrogens is 1. The molecule has 1 aliphatic rings. The molecule has 3 rings (SSSR count).